The number of aliphatic hydroxyl groups excluding tert-OH is 1. The Labute approximate surface area is 405 Å². The monoisotopic (exact) mass is 951 g/mol. The molecule has 68 heavy (non-hydrogen) atoms. The topological polar surface area (TPSA) is 193 Å². The van der Waals surface area contributed by atoms with E-state index < -0.39 is 35.4 Å². The second-order valence-electron chi connectivity index (χ2n) is 20.5. The summed E-state index contributed by atoms with van der Waals surface area (Å²) in [6, 6.07) is 20.0. The zero-order chi connectivity index (χ0) is 49.6. The number of hydrogen-bond acceptors (Lipinski definition) is 11. The number of unbranched alkanes of at least 4 members (excludes halogenated alkanes) is 2. The summed E-state index contributed by atoms with van der Waals surface area (Å²) in [5.74, 6) is 0.593. The van der Waals surface area contributed by atoms with Crippen molar-refractivity contribution in [3.8, 4) is 28.9 Å². The molecule has 3 amide bonds. The van der Waals surface area contributed by atoms with Crippen LogP contribution in [-0.4, -0.2) is 95.2 Å². The molecule has 14 nitrogen and oxygen atoms in total. The molecule has 4 atom stereocenters. The fourth-order valence-electron chi connectivity index (χ4n) is 9.83. The Morgan fingerprint density at radius 2 is 1.63 bits per heavy atom. The number of aromatic nitrogens is 1. The van der Waals surface area contributed by atoms with Gasteiger partial charge in [0.1, 0.15) is 36.3 Å². The predicted octanol–water partition coefficient (Wildman–Crippen LogP) is 8.61. The highest BCUT2D eigenvalue weighted by Crippen LogP contribution is 2.55. The fourth-order valence-corrected chi connectivity index (χ4v) is 10.0. The Morgan fingerprint density at radius 1 is 0.971 bits per heavy atom. The van der Waals surface area contributed by atoms with Crippen molar-refractivity contribution in [2.45, 2.75) is 131 Å². The van der Waals surface area contributed by atoms with Gasteiger partial charge in [-0.15, -0.1) is 0 Å². The molecule has 3 N–H and O–H groups in total. The second kappa shape index (κ2) is 21.7. The zero-order valence-electron chi connectivity index (χ0n) is 40.7. The molecule has 4 aromatic rings. The summed E-state index contributed by atoms with van der Waals surface area (Å²) in [5, 5.41) is 26.2. The van der Waals surface area contributed by atoms with Crippen molar-refractivity contribution in [3.63, 3.8) is 0 Å². The molecule has 2 fully saturated rings. The van der Waals surface area contributed by atoms with E-state index in [0.29, 0.717) is 53.0 Å². The maximum atomic E-state index is 14.1. The molecule has 2 heterocycles. The summed E-state index contributed by atoms with van der Waals surface area (Å²) in [7, 11) is 0. The Kier molecular flexibility index (Phi) is 16.5. The number of hydrogen-bond donors (Lipinski definition) is 3. The lowest BCUT2D eigenvalue weighted by atomic mass is 9.49. The van der Waals surface area contributed by atoms with Crippen LogP contribution in [0.15, 0.2) is 77.5 Å². The Hall–Kier alpha value is -5.75. The van der Waals surface area contributed by atoms with Gasteiger partial charge in [0.25, 0.3) is 5.91 Å². The number of likely N-dealkylation sites (tertiary alicyclic amines) is 1. The molecular weight excluding hydrogens is 886 g/mol. The average molecular weight is 953 g/mol. The summed E-state index contributed by atoms with van der Waals surface area (Å²) in [6.07, 6.45) is 2.90. The third-order valence-corrected chi connectivity index (χ3v) is 13.6. The van der Waals surface area contributed by atoms with Crippen LogP contribution >= 0.6 is 11.6 Å². The first-order valence-corrected chi connectivity index (χ1v) is 23.8. The maximum Gasteiger partial charge on any atom is 0.251 e. The van der Waals surface area contributed by atoms with E-state index in [9.17, 15) is 29.5 Å². The average Bonchev–Trinajstić information content (AvgIpc) is 3.91. The minimum Gasteiger partial charge on any atom is -0.494 e. The highest BCUT2D eigenvalue weighted by atomic mass is 35.5. The number of aliphatic hydroxyl groups is 1. The predicted molar refractivity (Wildman–Crippen MR) is 258 cm³/mol. The van der Waals surface area contributed by atoms with Gasteiger partial charge in [-0.1, -0.05) is 91.3 Å². The van der Waals surface area contributed by atoms with Crippen LogP contribution in [0, 0.1) is 34.5 Å². The van der Waals surface area contributed by atoms with Gasteiger partial charge in [0.15, 0.2) is 17.9 Å². The van der Waals surface area contributed by atoms with E-state index in [2.05, 4.69) is 49.4 Å². The largest absolute Gasteiger partial charge is 0.494 e. The van der Waals surface area contributed by atoms with E-state index in [1.807, 2.05) is 58.9 Å². The molecule has 1 aliphatic heterocycles. The van der Waals surface area contributed by atoms with Gasteiger partial charge in [-0.05, 0) is 79.5 Å². The lowest BCUT2D eigenvalue weighted by Gasteiger charge is -2.63. The van der Waals surface area contributed by atoms with Crippen LogP contribution in [0.25, 0.3) is 11.3 Å². The molecule has 15 heteroatoms. The Morgan fingerprint density at radius 3 is 2.25 bits per heavy atom. The molecule has 1 aliphatic carbocycles. The van der Waals surface area contributed by atoms with Crippen molar-refractivity contribution >= 4 is 35.1 Å². The van der Waals surface area contributed by atoms with Crippen LogP contribution in [0.2, 0.25) is 5.02 Å². The number of rotatable bonds is 20. The van der Waals surface area contributed by atoms with E-state index >= 15 is 0 Å². The van der Waals surface area contributed by atoms with Crippen LogP contribution in [0.5, 0.6) is 11.5 Å². The smallest absolute Gasteiger partial charge is 0.251 e. The quantitative estimate of drug-likeness (QED) is 0.0719. The van der Waals surface area contributed by atoms with E-state index in [1.165, 1.54) is 11.3 Å². The van der Waals surface area contributed by atoms with Gasteiger partial charge in [-0.25, -0.2) is 4.98 Å². The van der Waals surface area contributed by atoms with Crippen LogP contribution < -0.4 is 20.1 Å². The Balaban J connectivity index is 0.887. The normalized spacial score (nSPS) is 20.4. The lowest BCUT2D eigenvalue weighted by molar-refractivity contribution is -0.164. The molecule has 0 unspecified atom stereocenters. The highest BCUT2D eigenvalue weighted by molar-refractivity contribution is 6.31. The SMILES string of the molecule is Cc1ncoc1-c1ccc([C@H](C)CC(=O)[C@@H]2C[C@@H](O)CN2C(=O)[C@@H](NC(=O)COCCCCCOc2ccc(C(=O)NC3C(C)(C)C(Oc4ccc(C#N)c(Cl)c4)C3(C)C)cc2)C(C)(C)C)cc1. The summed E-state index contributed by atoms with van der Waals surface area (Å²) < 4.78 is 23.5. The number of ether oxygens (including phenoxy) is 3. The molecule has 2 aliphatic rings. The van der Waals surface area contributed by atoms with Crippen molar-refractivity contribution in [1.82, 2.24) is 20.5 Å². The number of β-amino-alcohol motifs (C(OH)–C–C–N with tert-alkyl or cyclic N) is 1. The van der Waals surface area contributed by atoms with Crippen molar-refractivity contribution in [1.29, 1.82) is 5.26 Å². The van der Waals surface area contributed by atoms with Crippen molar-refractivity contribution in [3.05, 3.63) is 101 Å². The molecule has 364 valence electrons. The third kappa shape index (κ3) is 12.1. The lowest BCUT2D eigenvalue weighted by Crippen LogP contribution is -2.74. The maximum absolute atomic E-state index is 14.1. The minimum absolute atomic E-state index is 0.00984. The van der Waals surface area contributed by atoms with Gasteiger partial charge in [-0.2, -0.15) is 5.26 Å². The van der Waals surface area contributed by atoms with Gasteiger partial charge in [-0.3, -0.25) is 19.2 Å². The first kappa shape index (κ1) is 51.6. The van der Waals surface area contributed by atoms with Crippen LogP contribution in [0.3, 0.4) is 0 Å². The zero-order valence-corrected chi connectivity index (χ0v) is 41.4. The molecule has 0 bridgehead atoms. The number of amides is 3. The van der Waals surface area contributed by atoms with Crippen molar-refractivity contribution in [2.24, 2.45) is 16.2 Å². The third-order valence-electron chi connectivity index (χ3n) is 13.3. The number of carbonyl (C=O) groups excluding carboxylic acids is 4. The van der Waals surface area contributed by atoms with Gasteiger partial charge >= 0.3 is 0 Å². The number of oxazole rings is 1. The van der Waals surface area contributed by atoms with Crippen molar-refractivity contribution < 1.29 is 42.9 Å². The molecule has 3 aromatic carbocycles. The van der Waals surface area contributed by atoms with Crippen molar-refractivity contribution in [2.75, 3.05) is 26.4 Å². The second-order valence-corrected chi connectivity index (χ2v) is 20.9. The molecular formula is C53H66ClN5O9. The first-order valence-electron chi connectivity index (χ1n) is 23.4. The van der Waals surface area contributed by atoms with Gasteiger partial charge in [0.05, 0.1) is 35.0 Å². The number of carbonyl (C=O) groups is 4. The molecule has 1 saturated carbocycles. The molecule has 0 radical (unpaired) electrons. The number of halogens is 1. The molecule has 1 aromatic heterocycles. The van der Waals surface area contributed by atoms with E-state index in [1.54, 1.807) is 42.5 Å². The first-order chi connectivity index (χ1) is 32.1. The number of nitriles is 1. The number of Topliss-reactive ketones (excluding diaryl/α,β-unsaturated/α-hetero) is 1. The molecule has 1 saturated heterocycles. The molecule has 0 spiro atoms. The standard InChI is InChI=1S/C53H66ClN5O9/c1-32(34-13-15-35(16-14-34)45-33(2)56-31-67-45)25-43(61)42-26-38(60)29-59(42)48(64)46(51(3,4)5)57-44(62)30-65-23-11-10-12-24-66-39-20-17-36(18-21-39)47(63)58-49-52(6,7)50(53(49,8)9)68-40-22-19-37(28-55)41(54)27-40/h13-22,27,31-32,38,42,46,49-50,60H,10-12,23-26,29-30H2,1-9H3,(H,57,62)(H,58,63)/t32-,38-,42+,46-,49?,50?/m1/s1. The summed E-state index contributed by atoms with van der Waals surface area (Å²) in [4.78, 5) is 59.8. The van der Waals surface area contributed by atoms with Crippen LogP contribution in [0.1, 0.15) is 121 Å². The van der Waals surface area contributed by atoms with Gasteiger partial charge in [0, 0.05) is 60.1 Å². The summed E-state index contributed by atoms with van der Waals surface area (Å²) in [5.41, 5.74) is 2.07. The van der Waals surface area contributed by atoms with Crippen LogP contribution in [-0.2, 0) is 19.1 Å². The number of aryl methyl sites for hydroxylation is 1. The van der Waals surface area contributed by atoms with E-state index in [0.717, 1.165) is 29.7 Å². The highest BCUT2D eigenvalue weighted by Gasteiger charge is 2.64. The van der Waals surface area contributed by atoms with Crippen LogP contribution in [0.4, 0.5) is 0 Å². The number of ketones is 1. The summed E-state index contributed by atoms with van der Waals surface area (Å²) >= 11 is 6.24. The van der Waals surface area contributed by atoms with E-state index in [-0.39, 0.29) is 66.6 Å². The van der Waals surface area contributed by atoms with Gasteiger partial charge in [0.2, 0.25) is 11.8 Å². The number of benzene rings is 3. The minimum atomic E-state index is -0.943. The fraction of sp³-hybridized carbons (Fsp3) is 0.509. The number of nitrogens with one attached hydrogen (secondary N) is 2. The number of nitrogens with zero attached hydrogens (tertiary/aromatic N) is 3. The van der Waals surface area contributed by atoms with Gasteiger partial charge < -0.3 is 39.3 Å². The van der Waals surface area contributed by atoms with E-state index in [4.69, 9.17) is 30.2 Å². The summed E-state index contributed by atoms with van der Waals surface area (Å²) in [6.45, 7) is 18.2. The Bertz CT molecular complexity index is 2440. The molecule has 6 rings (SSSR count).